The summed E-state index contributed by atoms with van der Waals surface area (Å²) in [6.45, 7) is 13.0. The van der Waals surface area contributed by atoms with Gasteiger partial charge in [0.15, 0.2) is 8.32 Å². The Bertz CT molecular complexity index is 1460. The third-order valence-corrected chi connectivity index (χ3v) is 15.0. The molecule has 6 rings (SSSR count). The van der Waals surface area contributed by atoms with Crippen molar-refractivity contribution < 1.29 is 33.4 Å². The van der Waals surface area contributed by atoms with Gasteiger partial charge in [-0.15, -0.1) is 0 Å². The van der Waals surface area contributed by atoms with Crippen LogP contribution in [0, 0.1) is 0 Å². The molecule has 4 aliphatic heterocycles. The van der Waals surface area contributed by atoms with Crippen molar-refractivity contribution in [3.63, 3.8) is 0 Å². The van der Waals surface area contributed by atoms with Crippen LogP contribution in [0.15, 0.2) is 42.5 Å². The summed E-state index contributed by atoms with van der Waals surface area (Å²) in [7, 11) is -2.38. The fourth-order valence-corrected chi connectivity index (χ4v) is 8.21. The molecule has 10 nitrogen and oxygen atoms in total. The number of carbonyl (C=O) groups excluding carboxylic acids is 2. The van der Waals surface area contributed by atoms with E-state index >= 15 is 0 Å². The molecule has 11 heteroatoms. The van der Waals surface area contributed by atoms with Crippen LogP contribution in [0.5, 0.6) is 5.75 Å². The molecule has 0 spiro atoms. The SMILES string of the molecule is CC(C)(C)[Si](C)(C)O[C@H](CN1CCOc2cc(C(=O)N3C4CCC3COC4)ccc2C1=O)[C@@H]1Cc2ccccc2CN1C(=O)O. The van der Waals surface area contributed by atoms with E-state index in [9.17, 15) is 19.5 Å². The number of carboxylic acid groups (broad SMARTS) is 1. The average Bonchev–Trinajstić information content (AvgIpc) is 3.14. The summed E-state index contributed by atoms with van der Waals surface area (Å²) >= 11 is 0. The molecule has 1 N–H and O–H groups in total. The maximum Gasteiger partial charge on any atom is 0.407 e. The third-order valence-electron chi connectivity index (χ3n) is 10.5. The van der Waals surface area contributed by atoms with E-state index in [0.29, 0.717) is 43.1 Å². The zero-order valence-electron chi connectivity index (χ0n) is 27.0. The van der Waals surface area contributed by atoms with Crippen molar-refractivity contribution in [1.82, 2.24) is 14.7 Å². The zero-order valence-corrected chi connectivity index (χ0v) is 28.0. The first kappa shape index (κ1) is 31.6. The first-order valence-corrected chi connectivity index (χ1v) is 19.0. The first-order valence-electron chi connectivity index (χ1n) is 16.0. The van der Waals surface area contributed by atoms with Gasteiger partial charge >= 0.3 is 6.09 Å². The molecule has 0 radical (unpaired) electrons. The molecular formula is C34H45N3O7Si. The molecule has 4 heterocycles. The predicted molar refractivity (Wildman–Crippen MR) is 171 cm³/mol. The Labute approximate surface area is 266 Å². The molecule has 2 fully saturated rings. The van der Waals surface area contributed by atoms with Crippen molar-refractivity contribution in [1.29, 1.82) is 0 Å². The van der Waals surface area contributed by atoms with Gasteiger partial charge in [0.1, 0.15) is 12.4 Å². The lowest BCUT2D eigenvalue weighted by Gasteiger charge is -2.46. The molecule has 2 saturated heterocycles. The van der Waals surface area contributed by atoms with Crippen LogP contribution < -0.4 is 4.74 Å². The second kappa shape index (κ2) is 12.1. The van der Waals surface area contributed by atoms with Gasteiger partial charge < -0.3 is 28.8 Å². The van der Waals surface area contributed by atoms with Crippen LogP contribution in [0.4, 0.5) is 4.79 Å². The highest BCUT2D eigenvalue weighted by molar-refractivity contribution is 6.74. The lowest BCUT2D eigenvalue weighted by molar-refractivity contribution is -0.00717. The van der Waals surface area contributed by atoms with Gasteiger partial charge in [-0.25, -0.2) is 4.79 Å². The number of carbonyl (C=O) groups is 3. The number of amides is 3. The number of fused-ring (bicyclic) bond motifs is 4. The predicted octanol–water partition coefficient (Wildman–Crippen LogP) is 5.02. The summed E-state index contributed by atoms with van der Waals surface area (Å²) in [5.74, 6) is 0.129. The summed E-state index contributed by atoms with van der Waals surface area (Å²) in [6, 6.07) is 12.7. The Balaban J connectivity index is 1.28. The summed E-state index contributed by atoms with van der Waals surface area (Å²) in [6.07, 6.45) is 0.842. The number of morpholine rings is 1. The minimum Gasteiger partial charge on any atom is -0.491 e. The summed E-state index contributed by atoms with van der Waals surface area (Å²) < 4.78 is 18.7. The van der Waals surface area contributed by atoms with Gasteiger partial charge in [-0.05, 0) is 66.7 Å². The molecular weight excluding hydrogens is 590 g/mol. The lowest BCUT2D eigenvalue weighted by atomic mass is 9.91. The van der Waals surface area contributed by atoms with Gasteiger partial charge in [0.25, 0.3) is 11.8 Å². The van der Waals surface area contributed by atoms with Crippen molar-refractivity contribution >= 4 is 26.2 Å². The Morgan fingerprint density at radius 3 is 2.42 bits per heavy atom. The third kappa shape index (κ3) is 6.09. The van der Waals surface area contributed by atoms with Crippen molar-refractivity contribution in [2.45, 2.75) is 88.9 Å². The first-order chi connectivity index (χ1) is 21.3. The quantitative estimate of drug-likeness (QED) is 0.444. The fourth-order valence-electron chi connectivity index (χ4n) is 6.87. The van der Waals surface area contributed by atoms with Crippen LogP contribution >= 0.6 is 0 Å². The Hall–Kier alpha value is -3.41. The number of rotatable bonds is 6. The van der Waals surface area contributed by atoms with Crippen LogP contribution in [0.25, 0.3) is 0 Å². The van der Waals surface area contributed by atoms with Gasteiger partial charge in [0.2, 0.25) is 0 Å². The minimum absolute atomic E-state index is 0.0556. The molecule has 2 unspecified atom stereocenters. The molecule has 0 saturated carbocycles. The van der Waals surface area contributed by atoms with Gasteiger partial charge in [-0.3, -0.25) is 14.5 Å². The maximum absolute atomic E-state index is 14.1. The van der Waals surface area contributed by atoms with Crippen LogP contribution in [-0.2, 0) is 22.1 Å². The normalized spacial score (nSPS) is 24.0. The van der Waals surface area contributed by atoms with Crippen molar-refractivity contribution in [2.75, 3.05) is 32.9 Å². The number of hydrogen-bond donors (Lipinski definition) is 1. The van der Waals surface area contributed by atoms with Gasteiger partial charge in [0, 0.05) is 18.7 Å². The average molecular weight is 636 g/mol. The fraction of sp³-hybridized carbons (Fsp3) is 0.559. The van der Waals surface area contributed by atoms with Crippen LogP contribution in [0.2, 0.25) is 18.1 Å². The molecule has 2 aromatic carbocycles. The van der Waals surface area contributed by atoms with Crippen LogP contribution in [0.1, 0.15) is 65.5 Å². The zero-order chi connectivity index (χ0) is 32.1. The molecule has 0 aromatic heterocycles. The molecule has 242 valence electrons. The van der Waals surface area contributed by atoms with Gasteiger partial charge in [-0.1, -0.05) is 45.0 Å². The van der Waals surface area contributed by atoms with Crippen LogP contribution in [-0.4, -0.2) is 103 Å². The smallest absolute Gasteiger partial charge is 0.407 e. The number of nitrogens with zero attached hydrogens (tertiary/aromatic N) is 3. The van der Waals surface area contributed by atoms with E-state index in [4.69, 9.17) is 13.9 Å². The molecule has 2 bridgehead atoms. The molecule has 45 heavy (non-hydrogen) atoms. The van der Waals surface area contributed by atoms with Gasteiger partial charge in [0.05, 0.1) is 49.6 Å². The highest BCUT2D eigenvalue weighted by Gasteiger charge is 2.45. The second-order valence-corrected chi connectivity index (χ2v) is 19.1. The number of benzene rings is 2. The molecule has 4 aliphatic rings. The van der Waals surface area contributed by atoms with E-state index in [1.807, 2.05) is 29.2 Å². The lowest BCUT2D eigenvalue weighted by Crippen LogP contribution is -2.58. The summed E-state index contributed by atoms with van der Waals surface area (Å²) in [5.41, 5.74) is 2.99. The molecule has 0 aliphatic carbocycles. The van der Waals surface area contributed by atoms with Crippen molar-refractivity contribution in [2.24, 2.45) is 0 Å². The van der Waals surface area contributed by atoms with E-state index < -0.39 is 26.6 Å². The maximum atomic E-state index is 14.1. The molecule has 3 amide bonds. The minimum atomic E-state index is -2.38. The Morgan fingerprint density at radius 2 is 1.76 bits per heavy atom. The largest absolute Gasteiger partial charge is 0.491 e. The Kier molecular flexibility index (Phi) is 8.47. The van der Waals surface area contributed by atoms with E-state index in [1.54, 1.807) is 23.1 Å². The second-order valence-electron chi connectivity index (χ2n) is 14.3. The Morgan fingerprint density at radius 1 is 1.07 bits per heavy atom. The van der Waals surface area contributed by atoms with E-state index in [1.165, 1.54) is 4.90 Å². The summed E-state index contributed by atoms with van der Waals surface area (Å²) in [5, 5.41) is 10.2. The molecule has 2 aromatic rings. The summed E-state index contributed by atoms with van der Waals surface area (Å²) in [4.78, 5) is 45.4. The van der Waals surface area contributed by atoms with Crippen molar-refractivity contribution in [3.05, 3.63) is 64.7 Å². The van der Waals surface area contributed by atoms with Gasteiger partial charge in [-0.2, -0.15) is 0 Å². The van der Waals surface area contributed by atoms with Crippen LogP contribution in [0.3, 0.4) is 0 Å². The standard InChI is InChI=1S/C34H45N3O7Si/c1-34(2,3)45(4,5)44-30(28-16-22-8-6-7-9-24(22)18-36(28)33(40)41)19-35-14-15-43-29-17-23(10-13-27(29)32(35)39)31(38)37-25-11-12-26(37)21-42-20-25/h6-10,13,17,25-26,28,30H,11-12,14-16,18-21H2,1-5H3,(H,40,41)/t25?,26?,28-,30+/m0/s1. The highest BCUT2D eigenvalue weighted by atomic mass is 28.4. The van der Waals surface area contributed by atoms with E-state index in [0.717, 1.165) is 24.0 Å². The topological polar surface area (TPSA) is 109 Å². The monoisotopic (exact) mass is 635 g/mol. The molecule has 4 atom stereocenters. The highest BCUT2D eigenvalue weighted by Crippen LogP contribution is 2.39. The number of hydrogen-bond acceptors (Lipinski definition) is 6. The number of ether oxygens (including phenoxy) is 2. The van der Waals surface area contributed by atoms with Crippen molar-refractivity contribution in [3.8, 4) is 5.75 Å². The van der Waals surface area contributed by atoms with E-state index in [-0.39, 0.29) is 48.6 Å². The van der Waals surface area contributed by atoms with E-state index in [2.05, 4.69) is 33.9 Å².